The molecule has 80 valence electrons. The molecule has 0 radical (unpaired) electrons. The van der Waals surface area contributed by atoms with E-state index in [2.05, 4.69) is 15.3 Å². The van der Waals surface area contributed by atoms with Crippen molar-refractivity contribution in [2.24, 2.45) is 0 Å². The minimum atomic E-state index is -4.34. The van der Waals surface area contributed by atoms with Crippen LogP contribution in [-0.4, -0.2) is 26.0 Å². The number of fused-ring (bicyclic) bond motifs is 1. The van der Waals surface area contributed by atoms with Crippen molar-refractivity contribution in [3.8, 4) is 0 Å². The zero-order valence-electron chi connectivity index (χ0n) is 7.16. The first-order valence-corrected chi connectivity index (χ1v) is 4.27. The highest BCUT2D eigenvalue weighted by molar-refractivity contribution is 6.29. The van der Waals surface area contributed by atoms with Crippen LogP contribution in [0.1, 0.15) is 5.82 Å². The van der Waals surface area contributed by atoms with Gasteiger partial charge in [0.1, 0.15) is 11.6 Å². The second kappa shape index (κ2) is 3.34. The van der Waals surface area contributed by atoms with Gasteiger partial charge in [0.25, 0.3) is 0 Å². The van der Waals surface area contributed by atoms with Crippen LogP contribution in [0.2, 0.25) is 5.15 Å². The molecule has 0 spiro atoms. The Kier molecular flexibility index (Phi) is 2.26. The fraction of sp³-hybridized carbons (Fsp3) is 0.286. The summed E-state index contributed by atoms with van der Waals surface area (Å²) in [5, 5.41) is 10.7. The van der Waals surface area contributed by atoms with Crippen molar-refractivity contribution in [1.82, 2.24) is 19.8 Å². The smallest absolute Gasteiger partial charge is 0.196 e. The van der Waals surface area contributed by atoms with E-state index in [-0.39, 0.29) is 16.6 Å². The maximum Gasteiger partial charge on any atom is 0.396 e. The molecule has 0 fully saturated rings. The fourth-order valence-corrected chi connectivity index (χ4v) is 1.24. The Hall–Kier alpha value is -1.37. The second-order valence-corrected chi connectivity index (χ2v) is 3.22. The van der Waals surface area contributed by atoms with E-state index in [4.69, 9.17) is 11.6 Å². The van der Waals surface area contributed by atoms with Crippen LogP contribution < -0.4 is 0 Å². The van der Waals surface area contributed by atoms with Gasteiger partial charge in [-0.05, 0) is 12.1 Å². The molecule has 0 saturated heterocycles. The van der Waals surface area contributed by atoms with Gasteiger partial charge in [0, 0.05) is 0 Å². The lowest BCUT2D eigenvalue weighted by atomic mass is 10.4. The summed E-state index contributed by atoms with van der Waals surface area (Å²) in [5.41, 5.74) is 0.235. The molecular weight excluding hydrogens is 233 g/mol. The highest BCUT2D eigenvalue weighted by Crippen LogP contribution is 2.20. The first-order valence-electron chi connectivity index (χ1n) is 3.89. The Balaban J connectivity index is 2.48. The second-order valence-electron chi connectivity index (χ2n) is 2.83. The van der Waals surface area contributed by atoms with Crippen molar-refractivity contribution in [2.45, 2.75) is 12.6 Å². The Morgan fingerprint density at radius 1 is 1.27 bits per heavy atom. The summed E-state index contributed by atoms with van der Waals surface area (Å²) in [4.78, 5) is 0. The van der Waals surface area contributed by atoms with Crippen LogP contribution in [0.3, 0.4) is 0 Å². The zero-order valence-corrected chi connectivity index (χ0v) is 7.92. The number of aromatic nitrogens is 4. The number of alkyl halides is 3. The number of hydrogen-bond donors (Lipinski definition) is 0. The van der Waals surface area contributed by atoms with Gasteiger partial charge in [0.05, 0.1) is 0 Å². The molecule has 8 heteroatoms. The van der Waals surface area contributed by atoms with Crippen LogP contribution in [-0.2, 0) is 6.42 Å². The molecule has 15 heavy (non-hydrogen) atoms. The molecular formula is C7H4ClF3N4. The number of halogens is 4. The molecule has 0 aromatic carbocycles. The first kappa shape index (κ1) is 10.2. The lowest BCUT2D eigenvalue weighted by molar-refractivity contribution is -0.128. The third-order valence-electron chi connectivity index (χ3n) is 1.65. The van der Waals surface area contributed by atoms with Crippen LogP contribution in [0.15, 0.2) is 12.1 Å². The third-order valence-corrected chi connectivity index (χ3v) is 1.85. The number of rotatable bonds is 1. The predicted molar refractivity (Wildman–Crippen MR) is 45.6 cm³/mol. The van der Waals surface area contributed by atoms with Gasteiger partial charge in [0.2, 0.25) is 0 Å². The Bertz CT molecular complexity index is 492. The molecule has 0 aliphatic rings. The van der Waals surface area contributed by atoms with Gasteiger partial charge >= 0.3 is 6.18 Å². The average Bonchev–Trinajstić information content (AvgIpc) is 2.46. The highest BCUT2D eigenvalue weighted by atomic mass is 35.5. The molecule has 0 aliphatic heterocycles. The molecule has 0 N–H and O–H groups in total. The number of hydrogen-bond acceptors (Lipinski definition) is 3. The van der Waals surface area contributed by atoms with Crippen molar-refractivity contribution in [2.75, 3.05) is 0 Å². The third kappa shape index (κ3) is 2.17. The van der Waals surface area contributed by atoms with Crippen LogP contribution in [0, 0.1) is 0 Å². The molecule has 0 atom stereocenters. The number of nitrogens with zero attached hydrogens (tertiary/aromatic N) is 4. The van der Waals surface area contributed by atoms with Crippen LogP contribution in [0.4, 0.5) is 13.2 Å². The summed E-state index contributed by atoms with van der Waals surface area (Å²) in [5.74, 6) is -0.278. The summed E-state index contributed by atoms with van der Waals surface area (Å²) in [6.07, 6.45) is -5.52. The van der Waals surface area contributed by atoms with Crippen molar-refractivity contribution in [3.63, 3.8) is 0 Å². The molecule has 4 nitrogen and oxygen atoms in total. The van der Waals surface area contributed by atoms with Gasteiger partial charge in [-0.2, -0.15) is 22.8 Å². The Morgan fingerprint density at radius 2 is 2.00 bits per heavy atom. The van der Waals surface area contributed by atoms with Gasteiger partial charge < -0.3 is 0 Å². The van der Waals surface area contributed by atoms with Crippen molar-refractivity contribution in [1.29, 1.82) is 0 Å². The quantitative estimate of drug-likeness (QED) is 0.759. The van der Waals surface area contributed by atoms with Gasteiger partial charge in [-0.25, -0.2) is 0 Å². The molecule has 0 unspecified atom stereocenters. The molecule has 2 heterocycles. The SMILES string of the molecule is FC(F)(F)Cc1nnc2ccc(Cl)nn12. The van der Waals surface area contributed by atoms with E-state index in [0.717, 1.165) is 4.52 Å². The van der Waals surface area contributed by atoms with E-state index in [0.29, 0.717) is 0 Å². The summed E-state index contributed by atoms with van der Waals surface area (Å²) in [7, 11) is 0. The molecule has 0 bridgehead atoms. The first-order chi connectivity index (χ1) is 6.96. The van der Waals surface area contributed by atoms with Crippen molar-refractivity contribution >= 4 is 17.2 Å². The van der Waals surface area contributed by atoms with Crippen molar-refractivity contribution in [3.05, 3.63) is 23.1 Å². The summed E-state index contributed by atoms with van der Waals surface area (Å²) >= 11 is 5.55. The highest BCUT2D eigenvalue weighted by Gasteiger charge is 2.30. The van der Waals surface area contributed by atoms with E-state index < -0.39 is 12.6 Å². The predicted octanol–water partition coefficient (Wildman–Crippen LogP) is 1.88. The standard InChI is InChI=1S/C7H4ClF3N4/c8-4-1-2-5-12-13-6(15(5)14-4)3-7(9,10)11/h1-2H,3H2. The minimum Gasteiger partial charge on any atom is -0.196 e. The average molecular weight is 237 g/mol. The van der Waals surface area contributed by atoms with Gasteiger partial charge in [0.15, 0.2) is 11.5 Å². The van der Waals surface area contributed by atoms with E-state index >= 15 is 0 Å². The van der Waals surface area contributed by atoms with Gasteiger partial charge in [-0.1, -0.05) is 11.6 Å². The molecule has 2 rings (SSSR count). The van der Waals surface area contributed by atoms with Crippen LogP contribution in [0.5, 0.6) is 0 Å². The lowest BCUT2D eigenvalue weighted by Crippen LogP contribution is -2.15. The molecule has 0 aliphatic carbocycles. The van der Waals surface area contributed by atoms with E-state index in [1.54, 1.807) is 0 Å². The van der Waals surface area contributed by atoms with Crippen LogP contribution in [0.25, 0.3) is 5.65 Å². The lowest BCUT2D eigenvalue weighted by Gasteiger charge is -2.03. The normalized spacial score (nSPS) is 12.3. The summed E-state index contributed by atoms with van der Waals surface area (Å²) in [6, 6.07) is 2.88. The molecule has 0 amide bonds. The Labute approximate surface area is 86.7 Å². The summed E-state index contributed by atoms with van der Waals surface area (Å²) in [6.45, 7) is 0. The topological polar surface area (TPSA) is 43.1 Å². The van der Waals surface area contributed by atoms with Gasteiger partial charge in [-0.3, -0.25) is 0 Å². The molecule has 2 aromatic rings. The zero-order chi connectivity index (χ0) is 11.1. The largest absolute Gasteiger partial charge is 0.396 e. The Morgan fingerprint density at radius 3 is 2.67 bits per heavy atom. The summed E-state index contributed by atoms with van der Waals surface area (Å²) < 4.78 is 37.3. The maximum atomic E-state index is 12.1. The minimum absolute atomic E-state index is 0.0886. The van der Waals surface area contributed by atoms with E-state index in [1.807, 2.05) is 0 Å². The molecule has 0 saturated carbocycles. The molecule has 2 aromatic heterocycles. The maximum absolute atomic E-state index is 12.1. The van der Waals surface area contributed by atoms with Gasteiger partial charge in [-0.15, -0.1) is 10.2 Å². The monoisotopic (exact) mass is 236 g/mol. The van der Waals surface area contributed by atoms with E-state index in [9.17, 15) is 13.2 Å². The van der Waals surface area contributed by atoms with Crippen LogP contribution >= 0.6 is 11.6 Å². The fourth-order valence-electron chi connectivity index (χ4n) is 1.10. The van der Waals surface area contributed by atoms with Crippen molar-refractivity contribution < 1.29 is 13.2 Å². The van der Waals surface area contributed by atoms with E-state index in [1.165, 1.54) is 12.1 Å².